The van der Waals surface area contributed by atoms with Crippen LogP contribution in [0.4, 0.5) is 13.2 Å². The highest BCUT2D eigenvalue weighted by Crippen LogP contribution is 2.27. The lowest BCUT2D eigenvalue weighted by Crippen LogP contribution is -2.40. The van der Waals surface area contributed by atoms with E-state index in [1.807, 2.05) is 31.2 Å². The lowest BCUT2D eigenvalue weighted by Gasteiger charge is -2.08. The Labute approximate surface area is 141 Å². The van der Waals surface area contributed by atoms with Gasteiger partial charge in [0.15, 0.2) is 0 Å². The topological polar surface area (TPSA) is 71.3 Å². The van der Waals surface area contributed by atoms with Crippen LogP contribution in [-0.2, 0) is 16.0 Å². The number of aryl methyl sites for hydroxylation is 1. The fourth-order valence-corrected chi connectivity index (χ4v) is 2.21. The van der Waals surface area contributed by atoms with Crippen molar-refractivity contribution >= 4 is 28.9 Å². The summed E-state index contributed by atoms with van der Waals surface area (Å²) in [6.07, 6.45) is -1.07. The lowest BCUT2D eigenvalue weighted by atomic mass is 10.1. The molecule has 0 unspecified atom stereocenters. The van der Waals surface area contributed by atoms with E-state index in [0.29, 0.717) is 17.8 Å². The van der Waals surface area contributed by atoms with Gasteiger partial charge in [-0.05, 0) is 12.1 Å². The third-order valence-electron chi connectivity index (χ3n) is 3.34. The van der Waals surface area contributed by atoms with Crippen LogP contribution in [0.2, 0.25) is 0 Å². The first-order chi connectivity index (χ1) is 11.8. The number of nitrogens with one attached hydrogen (secondary N) is 2. The molecular formula is C17H17F3N2O3. The molecule has 25 heavy (non-hydrogen) atoms. The third-order valence-corrected chi connectivity index (χ3v) is 3.34. The summed E-state index contributed by atoms with van der Waals surface area (Å²) in [5.41, 5.74) is 1.46. The van der Waals surface area contributed by atoms with Gasteiger partial charge < -0.3 is 15.1 Å². The summed E-state index contributed by atoms with van der Waals surface area (Å²) in [6, 6.07) is 7.36. The Morgan fingerprint density at radius 1 is 1.20 bits per heavy atom. The third kappa shape index (κ3) is 5.37. The first-order valence-electron chi connectivity index (χ1n) is 7.60. The molecule has 0 aliphatic carbocycles. The number of alkyl halides is 3. The maximum absolute atomic E-state index is 12.0. The molecule has 5 nitrogen and oxygen atoms in total. The van der Waals surface area contributed by atoms with Crippen LogP contribution in [0.5, 0.6) is 0 Å². The van der Waals surface area contributed by atoms with Gasteiger partial charge in [-0.15, -0.1) is 0 Å². The molecule has 1 aromatic carbocycles. The largest absolute Gasteiger partial charge is 0.460 e. The molecule has 2 aromatic rings. The minimum atomic E-state index is -4.49. The van der Waals surface area contributed by atoms with Crippen molar-refractivity contribution in [1.29, 1.82) is 0 Å². The molecular weight excluding hydrogens is 337 g/mol. The Hall–Kier alpha value is -2.77. The Morgan fingerprint density at radius 3 is 2.60 bits per heavy atom. The Morgan fingerprint density at radius 2 is 1.92 bits per heavy atom. The van der Waals surface area contributed by atoms with E-state index in [9.17, 15) is 22.8 Å². The number of carbonyl (C=O) groups excluding carboxylic acids is 2. The first kappa shape index (κ1) is 18.6. The van der Waals surface area contributed by atoms with Gasteiger partial charge in [-0.2, -0.15) is 13.2 Å². The van der Waals surface area contributed by atoms with Crippen molar-refractivity contribution in [2.24, 2.45) is 0 Å². The number of hydrogen-bond donors (Lipinski definition) is 2. The predicted octanol–water partition coefficient (Wildman–Crippen LogP) is 2.80. The average molecular weight is 354 g/mol. The highest BCUT2D eigenvalue weighted by Gasteiger charge is 2.27. The Balaban J connectivity index is 1.96. The molecule has 2 N–H and O–H groups in total. The SMILES string of the molecule is CCc1oc2ccccc2c1C=CC(=O)NCC(=O)NCC(F)(F)F. The highest BCUT2D eigenvalue weighted by molar-refractivity contribution is 5.97. The maximum Gasteiger partial charge on any atom is 0.405 e. The normalized spacial score (nSPS) is 11.8. The van der Waals surface area contributed by atoms with Gasteiger partial charge in [0.25, 0.3) is 0 Å². The molecule has 0 spiro atoms. The summed E-state index contributed by atoms with van der Waals surface area (Å²) in [7, 11) is 0. The minimum Gasteiger partial charge on any atom is -0.460 e. The number of rotatable bonds is 6. The number of benzene rings is 1. The van der Waals surface area contributed by atoms with Crippen LogP contribution in [-0.4, -0.2) is 31.1 Å². The summed E-state index contributed by atoms with van der Waals surface area (Å²) < 4.78 is 41.6. The Kier molecular flexibility index (Phi) is 5.84. The summed E-state index contributed by atoms with van der Waals surface area (Å²) in [5, 5.41) is 4.76. The maximum atomic E-state index is 12.0. The first-order valence-corrected chi connectivity index (χ1v) is 7.60. The molecule has 2 amide bonds. The summed E-state index contributed by atoms with van der Waals surface area (Å²) >= 11 is 0. The van der Waals surface area contributed by atoms with Gasteiger partial charge in [0.2, 0.25) is 11.8 Å². The van der Waals surface area contributed by atoms with Gasteiger partial charge in [-0.1, -0.05) is 25.1 Å². The van der Waals surface area contributed by atoms with Crippen molar-refractivity contribution in [3.63, 3.8) is 0 Å². The zero-order valence-electron chi connectivity index (χ0n) is 13.4. The Bertz CT molecular complexity index is 794. The monoisotopic (exact) mass is 354 g/mol. The molecule has 0 radical (unpaired) electrons. The smallest absolute Gasteiger partial charge is 0.405 e. The lowest BCUT2D eigenvalue weighted by molar-refractivity contribution is -0.138. The zero-order chi connectivity index (χ0) is 18.4. The van der Waals surface area contributed by atoms with Crippen molar-refractivity contribution in [2.75, 3.05) is 13.1 Å². The number of halogens is 3. The second-order valence-electron chi connectivity index (χ2n) is 5.23. The minimum absolute atomic E-state index is 0.536. The quantitative estimate of drug-likeness (QED) is 0.784. The van der Waals surface area contributed by atoms with E-state index in [2.05, 4.69) is 5.32 Å². The molecule has 0 aliphatic rings. The van der Waals surface area contributed by atoms with Gasteiger partial charge in [-0.3, -0.25) is 9.59 Å². The summed E-state index contributed by atoms with van der Waals surface area (Å²) in [5.74, 6) is -0.787. The van der Waals surface area contributed by atoms with Crippen molar-refractivity contribution in [1.82, 2.24) is 10.6 Å². The summed E-state index contributed by atoms with van der Waals surface area (Å²) in [4.78, 5) is 23.0. The van der Waals surface area contributed by atoms with Crippen molar-refractivity contribution in [2.45, 2.75) is 19.5 Å². The van der Waals surface area contributed by atoms with Crippen LogP contribution in [0, 0.1) is 0 Å². The van der Waals surface area contributed by atoms with Crippen molar-refractivity contribution < 1.29 is 27.2 Å². The van der Waals surface area contributed by atoms with Gasteiger partial charge in [0.05, 0.1) is 6.54 Å². The van der Waals surface area contributed by atoms with E-state index >= 15 is 0 Å². The molecule has 0 bridgehead atoms. The molecule has 0 saturated heterocycles. The van der Waals surface area contributed by atoms with E-state index in [1.165, 1.54) is 6.08 Å². The molecule has 1 heterocycles. The van der Waals surface area contributed by atoms with Crippen LogP contribution < -0.4 is 10.6 Å². The van der Waals surface area contributed by atoms with E-state index < -0.39 is 31.1 Å². The second-order valence-corrected chi connectivity index (χ2v) is 5.23. The van der Waals surface area contributed by atoms with Gasteiger partial charge in [0, 0.05) is 23.4 Å². The standard InChI is InChI=1S/C17H17F3N2O3/c1-2-13-12(11-5-3-4-6-14(11)25-13)7-8-15(23)21-9-16(24)22-10-17(18,19)20/h3-8H,2,9-10H2,1H3,(H,21,23)(H,22,24). The molecule has 0 fully saturated rings. The van der Waals surface area contributed by atoms with E-state index in [4.69, 9.17) is 4.42 Å². The molecule has 2 rings (SSSR count). The predicted molar refractivity (Wildman–Crippen MR) is 86.7 cm³/mol. The molecule has 1 aromatic heterocycles. The molecule has 0 atom stereocenters. The zero-order valence-corrected chi connectivity index (χ0v) is 13.4. The number of amides is 2. The van der Waals surface area contributed by atoms with Crippen LogP contribution >= 0.6 is 0 Å². The molecule has 134 valence electrons. The van der Waals surface area contributed by atoms with E-state index in [0.717, 1.165) is 10.9 Å². The van der Waals surface area contributed by atoms with E-state index in [-0.39, 0.29) is 0 Å². The number of fused-ring (bicyclic) bond motifs is 1. The van der Waals surface area contributed by atoms with Crippen LogP contribution in [0.15, 0.2) is 34.8 Å². The van der Waals surface area contributed by atoms with Crippen LogP contribution in [0.25, 0.3) is 17.0 Å². The molecule has 0 aliphatic heterocycles. The fourth-order valence-electron chi connectivity index (χ4n) is 2.21. The number of carbonyl (C=O) groups is 2. The molecule has 8 heteroatoms. The van der Waals surface area contributed by atoms with Gasteiger partial charge in [0.1, 0.15) is 17.9 Å². The van der Waals surface area contributed by atoms with Crippen LogP contribution in [0.1, 0.15) is 18.2 Å². The number of hydrogen-bond acceptors (Lipinski definition) is 3. The summed E-state index contributed by atoms with van der Waals surface area (Å²) in [6.45, 7) is -0.0510. The number of para-hydroxylation sites is 1. The van der Waals surface area contributed by atoms with Crippen molar-refractivity contribution in [3.05, 3.63) is 41.7 Å². The number of furan rings is 1. The fraction of sp³-hybridized carbons (Fsp3) is 0.294. The van der Waals surface area contributed by atoms with Crippen molar-refractivity contribution in [3.8, 4) is 0 Å². The molecule has 0 saturated carbocycles. The van der Waals surface area contributed by atoms with Gasteiger partial charge >= 0.3 is 6.18 Å². The van der Waals surface area contributed by atoms with Gasteiger partial charge in [-0.25, -0.2) is 0 Å². The van der Waals surface area contributed by atoms with E-state index in [1.54, 1.807) is 11.4 Å². The van der Waals surface area contributed by atoms with Crippen LogP contribution in [0.3, 0.4) is 0 Å². The highest BCUT2D eigenvalue weighted by atomic mass is 19.4. The second kappa shape index (κ2) is 7.87. The average Bonchev–Trinajstić information content (AvgIpc) is 2.93.